The average Bonchev–Trinajstić information content (AvgIpc) is 2.43. The predicted octanol–water partition coefficient (Wildman–Crippen LogP) is 2.63. The van der Waals surface area contributed by atoms with Gasteiger partial charge in [-0.1, -0.05) is 11.8 Å². The number of halogens is 1. The fourth-order valence-electron chi connectivity index (χ4n) is 1.58. The summed E-state index contributed by atoms with van der Waals surface area (Å²) in [6, 6.07) is 5.90. The van der Waals surface area contributed by atoms with E-state index in [2.05, 4.69) is 15.3 Å². The summed E-state index contributed by atoms with van der Waals surface area (Å²) in [6.07, 6.45) is 1.99. The summed E-state index contributed by atoms with van der Waals surface area (Å²) in [7, 11) is 0. The lowest BCUT2D eigenvalue weighted by atomic mass is 10.2. The number of carbonyl (C=O) groups is 1. The minimum Gasteiger partial charge on any atom is -0.396 e. The zero-order valence-electron chi connectivity index (χ0n) is 11.5. The molecule has 0 unspecified atom stereocenters. The third-order valence-corrected chi connectivity index (χ3v) is 3.48. The average molecular weight is 306 g/mol. The van der Waals surface area contributed by atoms with Crippen molar-refractivity contribution >= 4 is 29.0 Å². The Kier molecular flexibility index (Phi) is 5.10. The Labute approximate surface area is 126 Å². The van der Waals surface area contributed by atoms with E-state index in [1.807, 2.05) is 13.0 Å². The monoisotopic (exact) mass is 306 g/mol. The highest BCUT2D eigenvalue weighted by Gasteiger charge is 2.06. The molecule has 21 heavy (non-hydrogen) atoms. The summed E-state index contributed by atoms with van der Waals surface area (Å²) in [6.45, 7) is 1.89. The van der Waals surface area contributed by atoms with E-state index in [0.29, 0.717) is 23.0 Å². The normalized spacial score (nSPS) is 10.4. The predicted molar refractivity (Wildman–Crippen MR) is 81.6 cm³/mol. The SMILES string of the molecule is Cc1ccnc(SCCC(=O)Nc2ccc(F)c(N)c2)n1. The van der Waals surface area contributed by atoms with E-state index in [9.17, 15) is 9.18 Å². The molecule has 2 rings (SSSR count). The van der Waals surface area contributed by atoms with Crippen molar-refractivity contribution in [3.8, 4) is 0 Å². The Bertz CT molecular complexity index is 651. The molecule has 5 nitrogen and oxygen atoms in total. The van der Waals surface area contributed by atoms with E-state index >= 15 is 0 Å². The van der Waals surface area contributed by atoms with Crippen LogP contribution in [0.2, 0.25) is 0 Å². The molecule has 2 aromatic rings. The Morgan fingerprint density at radius 3 is 2.95 bits per heavy atom. The standard InChI is InChI=1S/C14H15FN4OS/c1-9-4-6-17-14(18-9)21-7-5-13(20)19-10-2-3-11(15)12(16)8-10/h2-4,6,8H,5,7,16H2,1H3,(H,19,20). The van der Waals surface area contributed by atoms with Crippen molar-refractivity contribution < 1.29 is 9.18 Å². The van der Waals surface area contributed by atoms with Gasteiger partial charge in [0.25, 0.3) is 0 Å². The third kappa shape index (κ3) is 4.71. The summed E-state index contributed by atoms with van der Waals surface area (Å²) < 4.78 is 13.0. The maximum absolute atomic E-state index is 13.0. The number of amides is 1. The van der Waals surface area contributed by atoms with Gasteiger partial charge in [0, 0.05) is 29.8 Å². The molecule has 0 bridgehead atoms. The number of thioether (sulfide) groups is 1. The molecule has 0 saturated heterocycles. The number of aryl methyl sites for hydroxylation is 1. The molecule has 1 amide bonds. The molecule has 0 spiro atoms. The number of rotatable bonds is 5. The second-order valence-corrected chi connectivity index (χ2v) is 5.43. The van der Waals surface area contributed by atoms with Crippen molar-refractivity contribution in [1.29, 1.82) is 0 Å². The van der Waals surface area contributed by atoms with Gasteiger partial charge in [-0.15, -0.1) is 0 Å². The number of hydrogen-bond donors (Lipinski definition) is 2. The Hall–Kier alpha value is -2.15. The van der Waals surface area contributed by atoms with Crippen LogP contribution in [0.4, 0.5) is 15.8 Å². The molecule has 1 heterocycles. The summed E-state index contributed by atoms with van der Waals surface area (Å²) in [5, 5.41) is 3.31. The largest absolute Gasteiger partial charge is 0.396 e. The highest BCUT2D eigenvalue weighted by Crippen LogP contribution is 2.17. The van der Waals surface area contributed by atoms with Crippen LogP contribution in [0.1, 0.15) is 12.1 Å². The number of nitrogens with two attached hydrogens (primary N) is 1. The van der Waals surface area contributed by atoms with Crippen molar-refractivity contribution in [2.75, 3.05) is 16.8 Å². The molecule has 3 N–H and O–H groups in total. The molecular formula is C14H15FN4OS. The van der Waals surface area contributed by atoms with Crippen molar-refractivity contribution in [3.63, 3.8) is 0 Å². The van der Waals surface area contributed by atoms with Gasteiger partial charge in [0.15, 0.2) is 5.16 Å². The molecule has 0 fully saturated rings. The lowest BCUT2D eigenvalue weighted by Gasteiger charge is -2.06. The Morgan fingerprint density at radius 2 is 2.24 bits per heavy atom. The van der Waals surface area contributed by atoms with Crippen LogP contribution in [0.5, 0.6) is 0 Å². The first-order valence-electron chi connectivity index (χ1n) is 6.32. The van der Waals surface area contributed by atoms with Crippen LogP contribution >= 0.6 is 11.8 Å². The molecule has 0 atom stereocenters. The first-order valence-corrected chi connectivity index (χ1v) is 7.30. The molecule has 0 saturated carbocycles. The van der Waals surface area contributed by atoms with Gasteiger partial charge < -0.3 is 11.1 Å². The first kappa shape index (κ1) is 15.2. The van der Waals surface area contributed by atoms with Crippen molar-refractivity contribution in [3.05, 3.63) is 42.0 Å². The molecule has 1 aromatic heterocycles. The molecule has 0 aliphatic heterocycles. The third-order valence-electron chi connectivity index (χ3n) is 2.61. The molecule has 0 aliphatic rings. The lowest BCUT2D eigenvalue weighted by molar-refractivity contribution is -0.115. The molecule has 0 aliphatic carbocycles. The van der Waals surface area contributed by atoms with Gasteiger partial charge >= 0.3 is 0 Å². The maximum atomic E-state index is 13.0. The van der Waals surface area contributed by atoms with E-state index in [4.69, 9.17) is 5.73 Å². The van der Waals surface area contributed by atoms with Crippen LogP contribution in [-0.4, -0.2) is 21.6 Å². The van der Waals surface area contributed by atoms with Gasteiger partial charge in [-0.05, 0) is 31.2 Å². The number of carbonyl (C=O) groups excluding carboxylic acids is 1. The summed E-state index contributed by atoms with van der Waals surface area (Å²) in [4.78, 5) is 20.1. The van der Waals surface area contributed by atoms with Gasteiger partial charge in [-0.2, -0.15) is 0 Å². The molecular weight excluding hydrogens is 291 g/mol. The second-order valence-electron chi connectivity index (χ2n) is 4.36. The van der Waals surface area contributed by atoms with E-state index < -0.39 is 5.82 Å². The number of nitrogens with one attached hydrogen (secondary N) is 1. The van der Waals surface area contributed by atoms with Gasteiger partial charge in [0.2, 0.25) is 5.91 Å². The van der Waals surface area contributed by atoms with Crippen molar-refractivity contribution in [2.45, 2.75) is 18.5 Å². The molecule has 7 heteroatoms. The minimum absolute atomic E-state index is 0.00957. The van der Waals surface area contributed by atoms with Gasteiger partial charge in [0.1, 0.15) is 5.82 Å². The fourth-order valence-corrected chi connectivity index (χ4v) is 2.39. The van der Waals surface area contributed by atoms with Crippen LogP contribution in [-0.2, 0) is 4.79 Å². The van der Waals surface area contributed by atoms with Gasteiger partial charge in [-0.25, -0.2) is 14.4 Å². The number of anilines is 2. The zero-order chi connectivity index (χ0) is 15.2. The van der Waals surface area contributed by atoms with Gasteiger partial charge in [-0.3, -0.25) is 4.79 Å². The number of hydrogen-bond acceptors (Lipinski definition) is 5. The highest BCUT2D eigenvalue weighted by molar-refractivity contribution is 7.99. The van der Waals surface area contributed by atoms with Gasteiger partial charge in [0.05, 0.1) is 5.69 Å². The van der Waals surface area contributed by atoms with E-state index in [0.717, 1.165) is 5.69 Å². The second kappa shape index (κ2) is 7.03. The Morgan fingerprint density at radius 1 is 1.43 bits per heavy atom. The van der Waals surface area contributed by atoms with Crippen molar-refractivity contribution in [1.82, 2.24) is 9.97 Å². The van der Waals surface area contributed by atoms with E-state index in [1.165, 1.54) is 30.0 Å². The molecule has 0 radical (unpaired) electrons. The number of aromatic nitrogens is 2. The van der Waals surface area contributed by atoms with E-state index in [1.54, 1.807) is 6.20 Å². The summed E-state index contributed by atoms with van der Waals surface area (Å²) in [5.41, 5.74) is 6.82. The summed E-state index contributed by atoms with van der Waals surface area (Å²) in [5.74, 6) is -0.104. The molecule has 110 valence electrons. The van der Waals surface area contributed by atoms with Crippen LogP contribution in [0.25, 0.3) is 0 Å². The van der Waals surface area contributed by atoms with Crippen LogP contribution < -0.4 is 11.1 Å². The molecule has 1 aromatic carbocycles. The Balaban J connectivity index is 1.81. The van der Waals surface area contributed by atoms with Crippen LogP contribution in [0.15, 0.2) is 35.6 Å². The first-order chi connectivity index (χ1) is 10.0. The lowest BCUT2D eigenvalue weighted by Crippen LogP contribution is -2.12. The number of nitrogen functional groups attached to an aromatic ring is 1. The fraction of sp³-hybridized carbons (Fsp3) is 0.214. The highest BCUT2D eigenvalue weighted by atomic mass is 32.2. The quantitative estimate of drug-likeness (QED) is 0.504. The topological polar surface area (TPSA) is 80.9 Å². The number of benzene rings is 1. The zero-order valence-corrected chi connectivity index (χ0v) is 12.3. The van der Waals surface area contributed by atoms with Crippen LogP contribution in [0, 0.1) is 12.7 Å². The van der Waals surface area contributed by atoms with E-state index in [-0.39, 0.29) is 11.6 Å². The van der Waals surface area contributed by atoms with Crippen molar-refractivity contribution in [2.24, 2.45) is 0 Å². The minimum atomic E-state index is -0.500. The van der Waals surface area contributed by atoms with Crippen LogP contribution in [0.3, 0.4) is 0 Å². The number of nitrogens with zero attached hydrogens (tertiary/aromatic N) is 2. The summed E-state index contributed by atoms with van der Waals surface area (Å²) >= 11 is 1.41. The maximum Gasteiger partial charge on any atom is 0.225 e. The smallest absolute Gasteiger partial charge is 0.225 e.